The molecule has 0 atom stereocenters. The molecule has 3 rings (SSSR count). The molecule has 142 valence electrons. The number of carbonyl (C=O) groups excluding carboxylic acids is 2. The lowest BCUT2D eigenvalue weighted by atomic mass is 10.2. The van der Waals surface area contributed by atoms with Crippen molar-refractivity contribution in [2.75, 3.05) is 11.9 Å². The van der Waals surface area contributed by atoms with Crippen molar-refractivity contribution in [2.24, 2.45) is 0 Å². The largest absolute Gasteiger partial charge is 0.451 e. The van der Waals surface area contributed by atoms with Crippen molar-refractivity contribution in [3.05, 3.63) is 75.3 Å². The van der Waals surface area contributed by atoms with Gasteiger partial charge in [0, 0.05) is 23.4 Å². The van der Waals surface area contributed by atoms with E-state index in [-0.39, 0.29) is 5.69 Å². The Morgan fingerprint density at radius 1 is 1.14 bits per heavy atom. The summed E-state index contributed by atoms with van der Waals surface area (Å²) in [5, 5.41) is 13.8. The van der Waals surface area contributed by atoms with Gasteiger partial charge in [-0.05, 0) is 19.1 Å². The average molecular weight is 397 g/mol. The van der Waals surface area contributed by atoms with Crippen molar-refractivity contribution in [2.45, 2.75) is 6.92 Å². The summed E-state index contributed by atoms with van der Waals surface area (Å²) in [6.07, 6.45) is 0. The maximum atomic E-state index is 12.3. The molecule has 3 aromatic rings. The van der Waals surface area contributed by atoms with Crippen molar-refractivity contribution < 1.29 is 19.2 Å². The Bertz CT molecular complexity index is 1020. The Kier molecular flexibility index (Phi) is 5.75. The van der Waals surface area contributed by atoms with Crippen molar-refractivity contribution in [1.29, 1.82) is 0 Å². The van der Waals surface area contributed by atoms with Crippen LogP contribution in [0.5, 0.6) is 0 Å². The van der Waals surface area contributed by atoms with Crippen LogP contribution in [0.2, 0.25) is 0 Å². The number of esters is 1. The van der Waals surface area contributed by atoms with E-state index in [1.807, 2.05) is 30.3 Å². The number of hydrogen-bond acceptors (Lipinski definition) is 7. The zero-order chi connectivity index (χ0) is 20.1. The first-order valence-electron chi connectivity index (χ1n) is 8.18. The number of carbonyl (C=O) groups is 2. The van der Waals surface area contributed by atoms with Crippen molar-refractivity contribution in [3.8, 4) is 10.6 Å². The highest BCUT2D eigenvalue weighted by Gasteiger charge is 2.18. The molecular weight excluding hydrogens is 382 g/mol. The Balaban J connectivity index is 1.58. The minimum absolute atomic E-state index is 0.0840. The summed E-state index contributed by atoms with van der Waals surface area (Å²) in [6.45, 7) is 1.23. The van der Waals surface area contributed by atoms with Gasteiger partial charge >= 0.3 is 5.97 Å². The molecule has 0 saturated carbocycles. The number of nitrogens with zero attached hydrogens (tertiary/aromatic N) is 2. The van der Waals surface area contributed by atoms with Gasteiger partial charge in [-0.15, -0.1) is 11.3 Å². The van der Waals surface area contributed by atoms with Gasteiger partial charge in [0.15, 0.2) is 6.61 Å². The van der Waals surface area contributed by atoms with E-state index >= 15 is 0 Å². The van der Waals surface area contributed by atoms with Gasteiger partial charge in [-0.3, -0.25) is 14.9 Å². The lowest BCUT2D eigenvalue weighted by Crippen LogP contribution is -2.20. The van der Waals surface area contributed by atoms with E-state index in [0.29, 0.717) is 21.3 Å². The van der Waals surface area contributed by atoms with Crippen LogP contribution in [0, 0.1) is 17.0 Å². The normalized spacial score (nSPS) is 10.3. The first-order valence-corrected chi connectivity index (χ1v) is 9.00. The Morgan fingerprint density at radius 3 is 2.46 bits per heavy atom. The standard InChI is InChI=1S/C19H15N3O5S/c1-12-17(28-18(20-12)13-5-3-2-4-6-13)19(24)27-11-16(23)21-14-7-9-15(10-8-14)22(25)26/h2-10H,11H2,1H3,(H,21,23). The van der Waals surface area contributed by atoms with Gasteiger partial charge in [-0.25, -0.2) is 9.78 Å². The average Bonchev–Trinajstić information content (AvgIpc) is 3.09. The molecule has 2 aromatic carbocycles. The monoisotopic (exact) mass is 397 g/mol. The van der Waals surface area contributed by atoms with Gasteiger partial charge in [0.05, 0.1) is 10.6 Å². The highest BCUT2D eigenvalue weighted by Crippen LogP contribution is 2.28. The van der Waals surface area contributed by atoms with Crippen LogP contribution in [0.15, 0.2) is 54.6 Å². The number of aromatic nitrogens is 1. The van der Waals surface area contributed by atoms with Crippen LogP contribution in [0.4, 0.5) is 11.4 Å². The smallest absolute Gasteiger partial charge is 0.350 e. The number of hydrogen-bond donors (Lipinski definition) is 1. The van der Waals surface area contributed by atoms with Crippen LogP contribution in [0.3, 0.4) is 0 Å². The van der Waals surface area contributed by atoms with E-state index in [9.17, 15) is 19.7 Å². The molecule has 0 bridgehead atoms. The van der Waals surface area contributed by atoms with Crippen LogP contribution in [-0.4, -0.2) is 28.4 Å². The van der Waals surface area contributed by atoms with Crippen LogP contribution >= 0.6 is 11.3 Å². The van der Waals surface area contributed by atoms with E-state index in [1.165, 1.54) is 35.6 Å². The number of nitro benzene ring substituents is 1. The minimum Gasteiger partial charge on any atom is -0.451 e. The highest BCUT2D eigenvalue weighted by atomic mass is 32.1. The molecule has 1 amide bonds. The van der Waals surface area contributed by atoms with Crippen molar-refractivity contribution in [3.63, 3.8) is 0 Å². The lowest BCUT2D eigenvalue weighted by Gasteiger charge is -2.06. The second-order valence-electron chi connectivity index (χ2n) is 5.73. The van der Waals surface area contributed by atoms with Crippen LogP contribution < -0.4 is 5.32 Å². The number of aryl methyl sites for hydroxylation is 1. The first-order chi connectivity index (χ1) is 13.4. The quantitative estimate of drug-likeness (QED) is 0.384. The summed E-state index contributed by atoms with van der Waals surface area (Å²) in [5.41, 5.74) is 1.71. The number of nitrogens with one attached hydrogen (secondary N) is 1. The Morgan fingerprint density at radius 2 is 1.82 bits per heavy atom. The molecule has 8 nitrogen and oxygen atoms in total. The molecule has 1 heterocycles. The van der Waals surface area contributed by atoms with Crippen LogP contribution in [-0.2, 0) is 9.53 Å². The van der Waals surface area contributed by atoms with Gasteiger partial charge in [0.25, 0.3) is 11.6 Å². The fourth-order valence-corrected chi connectivity index (χ4v) is 3.32. The second-order valence-corrected chi connectivity index (χ2v) is 6.73. The molecule has 9 heteroatoms. The number of non-ortho nitro benzene ring substituents is 1. The maximum Gasteiger partial charge on any atom is 0.350 e. The van der Waals surface area contributed by atoms with Gasteiger partial charge in [-0.1, -0.05) is 30.3 Å². The summed E-state index contributed by atoms with van der Waals surface area (Å²) < 4.78 is 5.07. The molecule has 1 N–H and O–H groups in total. The molecule has 1 aromatic heterocycles. The molecule has 0 radical (unpaired) electrons. The number of ether oxygens (including phenoxy) is 1. The predicted molar refractivity (Wildman–Crippen MR) is 104 cm³/mol. The zero-order valence-electron chi connectivity index (χ0n) is 14.7. The fourth-order valence-electron chi connectivity index (χ4n) is 2.35. The van der Waals surface area contributed by atoms with Gasteiger partial charge in [-0.2, -0.15) is 0 Å². The Hall–Kier alpha value is -3.59. The lowest BCUT2D eigenvalue weighted by molar-refractivity contribution is -0.384. The van der Waals surface area contributed by atoms with Gasteiger partial charge in [0.1, 0.15) is 9.88 Å². The minimum atomic E-state index is -0.629. The zero-order valence-corrected chi connectivity index (χ0v) is 15.6. The molecule has 0 aliphatic heterocycles. The molecule has 28 heavy (non-hydrogen) atoms. The third-order valence-electron chi connectivity index (χ3n) is 3.70. The van der Waals surface area contributed by atoms with Crippen LogP contribution in [0.25, 0.3) is 10.6 Å². The summed E-state index contributed by atoms with van der Waals surface area (Å²) in [7, 11) is 0. The van der Waals surface area contributed by atoms with Gasteiger partial charge < -0.3 is 10.1 Å². The van der Waals surface area contributed by atoms with E-state index < -0.39 is 23.4 Å². The number of benzene rings is 2. The molecule has 0 saturated heterocycles. The Labute approximate surface area is 164 Å². The summed E-state index contributed by atoms with van der Waals surface area (Å²) in [5.74, 6) is -1.18. The predicted octanol–water partition coefficient (Wildman–Crippen LogP) is 3.82. The van der Waals surface area contributed by atoms with E-state index in [4.69, 9.17) is 4.74 Å². The highest BCUT2D eigenvalue weighted by molar-refractivity contribution is 7.17. The third kappa shape index (κ3) is 4.57. The second kappa shape index (κ2) is 8.40. The van der Waals surface area contributed by atoms with Crippen molar-refractivity contribution in [1.82, 2.24) is 4.98 Å². The molecule has 0 unspecified atom stereocenters. The van der Waals surface area contributed by atoms with E-state index in [2.05, 4.69) is 10.3 Å². The topological polar surface area (TPSA) is 111 Å². The SMILES string of the molecule is Cc1nc(-c2ccccc2)sc1C(=O)OCC(=O)Nc1ccc([N+](=O)[O-])cc1. The molecular formula is C19H15N3O5S. The number of thiazole rings is 1. The summed E-state index contributed by atoms with van der Waals surface area (Å²) >= 11 is 1.20. The van der Waals surface area contributed by atoms with Crippen molar-refractivity contribution >= 4 is 34.6 Å². The molecule has 0 aliphatic rings. The molecule has 0 spiro atoms. The van der Waals surface area contributed by atoms with E-state index in [1.54, 1.807) is 6.92 Å². The number of amides is 1. The maximum absolute atomic E-state index is 12.3. The van der Waals surface area contributed by atoms with Gasteiger partial charge in [0.2, 0.25) is 0 Å². The summed E-state index contributed by atoms with van der Waals surface area (Å²) in [4.78, 5) is 39.0. The number of rotatable bonds is 6. The third-order valence-corrected chi connectivity index (χ3v) is 4.89. The van der Waals surface area contributed by atoms with E-state index in [0.717, 1.165) is 5.56 Å². The first kappa shape index (κ1) is 19.2. The number of nitro groups is 1. The molecule has 0 fully saturated rings. The summed E-state index contributed by atoms with van der Waals surface area (Å²) in [6, 6.07) is 14.8. The fraction of sp³-hybridized carbons (Fsp3) is 0.105. The number of anilines is 1. The van der Waals surface area contributed by atoms with Crippen LogP contribution in [0.1, 0.15) is 15.4 Å². The molecule has 0 aliphatic carbocycles.